The van der Waals surface area contributed by atoms with Gasteiger partial charge in [0.25, 0.3) is 0 Å². The summed E-state index contributed by atoms with van der Waals surface area (Å²) in [5.41, 5.74) is 0. The van der Waals surface area contributed by atoms with Crippen LogP contribution in [0.1, 0.15) is 26.2 Å². The molecular weight excluding hydrogens is 182 g/mol. The van der Waals surface area contributed by atoms with Gasteiger partial charge in [-0.1, -0.05) is 0 Å². The van der Waals surface area contributed by atoms with Crippen molar-refractivity contribution >= 4 is 17.6 Å². The quantitative estimate of drug-likeness (QED) is 0.568. The maximum atomic E-state index is 11.7. The van der Waals surface area contributed by atoms with E-state index in [1.165, 1.54) is 4.90 Å². The average Bonchev–Trinajstić information content (AvgIpc) is 2.39. The molecule has 2 amide bonds. The highest BCUT2D eigenvalue weighted by molar-refractivity contribution is 6.07. The Morgan fingerprint density at radius 2 is 1.86 bits per heavy atom. The van der Waals surface area contributed by atoms with Crippen molar-refractivity contribution < 1.29 is 14.4 Å². The Morgan fingerprint density at radius 1 is 1.21 bits per heavy atom. The Kier molecular flexibility index (Phi) is 2.13. The van der Waals surface area contributed by atoms with Crippen molar-refractivity contribution in [2.75, 3.05) is 6.54 Å². The van der Waals surface area contributed by atoms with Crippen LogP contribution in [-0.4, -0.2) is 29.0 Å². The van der Waals surface area contributed by atoms with Crippen LogP contribution in [0.15, 0.2) is 0 Å². The summed E-state index contributed by atoms with van der Waals surface area (Å²) in [5.74, 6) is -0.653. The second-order valence-electron chi connectivity index (χ2n) is 3.92. The van der Waals surface area contributed by atoms with Crippen LogP contribution in [0.3, 0.4) is 0 Å². The van der Waals surface area contributed by atoms with Gasteiger partial charge in [-0.15, -0.1) is 0 Å². The number of nitrogens with zero attached hydrogens (tertiary/aromatic N) is 1. The number of Topliss-reactive ketones (excluding diaryl/α,β-unsaturated/α-hetero) is 1. The van der Waals surface area contributed by atoms with Crippen LogP contribution in [-0.2, 0) is 14.4 Å². The van der Waals surface area contributed by atoms with Crippen LogP contribution < -0.4 is 0 Å². The number of ketones is 1. The third-order valence-electron chi connectivity index (χ3n) is 3.15. The Morgan fingerprint density at radius 3 is 2.50 bits per heavy atom. The molecule has 2 rings (SSSR count). The highest BCUT2D eigenvalue weighted by Gasteiger charge is 2.49. The molecule has 4 nitrogen and oxygen atoms in total. The summed E-state index contributed by atoms with van der Waals surface area (Å²) in [6, 6.07) is 0. The van der Waals surface area contributed by atoms with Gasteiger partial charge < -0.3 is 0 Å². The van der Waals surface area contributed by atoms with Crippen LogP contribution in [0.4, 0.5) is 0 Å². The summed E-state index contributed by atoms with van der Waals surface area (Å²) in [6.45, 7) is 2.22. The SMILES string of the molecule is CCN1C(=O)C2CCC(=O)CC2C1=O. The van der Waals surface area contributed by atoms with E-state index < -0.39 is 0 Å². The smallest absolute Gasteiger partial charge is 0.233 e. The first kappa shape index (κ1) is 9.37. The van der Waals surface area contributed by atoms with Gasteiger partial charge in [0.1, 0.15) is 5.78 Å². The fraction of sp³-hybridized carbons (Fsp3) is 0.700. The summed E-state index contributed by atoms with van der Waals surface area (Å²) in [7, 11) is 0. The van der Waals surface area contributed by atoms with Gasteiger partial charge in [-0.05, 0) is 13.3 Å². The molecule has 1 aliphatic carbocycles. The first-order valence-corrected chi connectivity index (χ1v) is 5.02. The van der Waals surface area contributed by atoms with Crippen molar-refractivity contribution in [3.63, 3.8) is 0 Å². The lowest BCUT2D eigenvalue weighted by molar-refractivity contribution is -0.139. The van der Waals surface area contributed by atoms with Gasteiger partial charge >= 0.3 is 0 Å². The molecule has 0 radical (unpaired) electrons. The fourth-order valence-electron chi connectivity index (χ4n) is 2.38. The standard InChI is InChI=1S/C10H13NO3/c1-2-11-9(13)7-4-3-6(12)5-8(7)10(11)14/h7-8H,2-5H2,1H3. The van der Waals surface area contributed by atoms with Crippen molar-refractivity contribution in [3.05, 3.63) is 0 Å². The first-order valence-electron chi connectivity index (χ1n) is 5.02. The summed E-state index contributed by atoms with van der Waals surface area (Å²) < 4.78 is 0. The zero-order chi connectivity index (χ0) is 10.3. The number of carbonyl (C=O) groups excluding carboxylic acids is 3. The third kappa shape index (κ3) is 1.17. The molecular formula is C10H13NO3. The Bertz CT molecular complexity index is 310. The highest BCUT2D eigenvalue weighted by Crippen LogP contribution is 2.36. The predicted octanol–water partition coefficient (Wildman–Crippen LogP) is 0.360. The van der Waals surface area contributed by atoms with Crippen LogP contribution in [0.2, 0.25) is 0 Å². The molecule has 2 aliphatic rings. The normalized spacial score (nSPS) is 32.4. The molecule has 0 spiro atoms. The van der Waals surface area contributed by atoms with Gasteiger partial charge in [0.2, 0.25) is 11.8 Å². The van der Waals surface area contributed by atoms with Crippen LogP contribution in [0.5, 0.6) is 0 Å². The van der Waals surface area contributed by atoms with Crippen LogP contribution in [0.25, 0.3) is 0 Å². The van der Waals surface area contributed by atoms with E-state index >= 15 is 0 Å². The minimum absolute atomic E-state index is 0.0741. The predicted molar refractivity (Wildman–Crippen MR) is 48.2 cm³/mol. The third-order valence-corrected chi connectivity index (χ3v) is 3.15. The minimum Gasteiger partial charge on any atom is -0.300 e. The largest absolute Gasteiger partial charge is 0.300 e. The van der Waals surface area contributed by atoms with Gasteiger partial charge in [-0.25, -0.2) is 0 Å². The number of likely N-dealkylation sites (tertiary alicyclic amines) is 1. The van der Waals surface area contributed by atoms with E-state index in [2.05, 4.69) is 0 Å². The van der Waals surface area contributed by atoms with E-state index in [0.29, 0.717) is 19.4 Å². The molecule has 14 heavy (non-hydrogen) atoms. The van der Waals surface area contributed by atoms with Gasteiger partial charge in [-0.2, -0.15) is 0 Å². The Labute approximate surface area is 82.3 Å². The van der Waals surface area contributed by atoms with E-state index in [1.807, 2.05) is 0 Å². The number of hydrogen-bond donors (Lipinski definition) is 0. The van der Waals surface area contributed by atoms with Crippen molar-refractivity contribution in [1.82, 2.24) is 4.90 Å². The summed E-state index contributed by atoms with van der Waals surface area (Å²) >= 11 is 0. The number of hydrogen-bond acceptors (Lipinski definition) is 3. The number of rotatable bonds is 1. The second kappa shape index (κ2) is 3.19. The molecule has 0 aromatic heterocycles. The molecule has 2 unspecified atom stereocenters. The number of fused-ring (bicyclic) bond motifs is 1. The van der Waals surface area contributed by atoms with Gasteiger partial charge in [-0.3, -0.25) is 19.3 Å². The molecule has 1 aliphatic heterocycles. The maximum absolute atomic E-state index is 11.7. The minimum atomic E-state index is -0.344. The van der Waals surface area contributed by atoms with E-state index in [1.54, 1.807) is 6.92 Å². The lowest BCUT2D eigenvalue weighted by Gasteiger charge is -2.18. The van der Waals surface area contributed by atoms with Crippen molar-refractivity contribution in [2.24, 2.45) is 11.8 Å². The molecule has 0 aromatic carbocycles. The van der Waals surface area contributed by atoms with Gasteiger partial charge in [0, 0.05) is 19.4 Å². The fourth-order valence-corrected chi connectivity index (χ4v) is 2.38. The number of amides is 2. The number of imide groups is 1. The van der Waals surface area contributed by atoms with Crippen molar-refractivity contribution in [2.45, 2.75) is 26.2 Å². The van der Waals surface area contributed by atoms with Crippen molar-refractivity contribution in [1.29, 1.82) is 0 Å². The lowest BCUT2D eigenvalue weighted by Crippen LogP contribution is -2.30. The van der Waals surface area contributed by atoms with E-state index in [9.17, 15) is 14.4 Å². The molecule has 76 valence electrons. The van der Waals surface area contributed by atoms with E-state index in [-0.39, 0.29) is 35.9 Å². The first-order chi connectivity index (χ1) is 6.65. The zero-order valence-electron chi connectivity index (χ0n) is 8.16. The zero-order valence-corrected chi connectivity index (χ0v) is 8.16. The highest BCUT2D eigenvalue weighted by atomic mass is 16.2. The molecule has 2 atom stereocenters. The molecule has 1 saturated heterocycles. The molecule has 1 heterocycles. The summed E-state index contributed by atoms with van der Waals surface area (Å²) in [6.07, 6.45) is 1.29. The summed E-state index contributed by atoms with van der Waals surface area (Å²) in [4.78, 5) is 35.8. The molecule has 0 aromatic rings. The van der Waals surface area contributed by atoms with Crippen LogP contribution in [0, 0.1) is 11.8 Å². The molecule has 0 N–H and O–H groups in total. The molecule has 1 saturated carbocycles. The molecule has 4 heteroatoms. The van der Waals surface area contributed by atoms with Crippen molar-refractivity contribution in [3.8, 4) is 0 Å². The monoisotopic (exact) mass is 195 g/mol. The van der Waals surface area contributed by atoms with E-state index in [0.717, 1.165) is 0 Å². The van der Waals surface area contributed by atoms with Crippen LogP contribution >= 0.6 is 0 Å². The summed E-state index contributed by atoms with van der Waals surface area (Å²) in [5, 5.41) is 0. The molecule has 0 bridgehead atoms. The second-order valence-corrected chi connectivity index (χ2v) is 3.92. The Balaban J connectivity index is 2.25. The Hall–Kier alpha value is -1.19. The average molecular weight is 195 g/mol. The topological polar surface area (TPSA) is 54.5 Å². The van der Waals surface area contributed by atoms with Gasteiger partial charge in [0.15, 0.2) is 0 Å². The van der Waals surface area contributed by atoms with Gasteiger partial charge in [0.05, 0.1) is 11.8 Å². The molecule has 2 fully saturated rings. The van der Waals surface area contributed by atoms with E-state index in [4.69, 9.17) is 0 Å². The lowest BCUT2D eigenvalue weighted by atomic mass is 9.80. The maximum Gasteiger partial charge on any atom is 0.233 e. The number of carbonyl (C=O) groups is 3.